The Morgan fingerprint density at radius 2 is 1.55 bits per heavy atom. The van der Waals surface area contributed by atoms with E-state index in [1.54, 1.807) is 24.3 Å². The minimum Gasteiger partial charge on any atom is -0.494 e. The molecular formula is C36H39ClFN3O5S. The Bertz CT molecular complexity index is 1740. The van der Waals surface area contributed by atoms with Crippen LogP contribution in [0.5, 0.6) is 5.75 Å². The van der Waals surface area contributed by atoms with Crippen molar-refractivity contribution in [2.45, 2.75) is 57.1 Å². The molecule has 4 rings (SSSR count). The number of carbonyl (C=O) groups is 2. The fraction of sp³-hybridized carbons (Fsp3) is 0.278. The van der Waals surface area contributed by atoms with E-state index in [9.17, 15) is 22.4 Å². The van der Waals surface area contributed by atoms with Crippen molar-refractivity contribution in [2.24, 2.45) is 0 Å². The highest BCUT2D eigenvalue weighted by Crippen LogP contribution is 2.27. The standard InChI is InChI=1S/C36H39ClFN3O5S/c1-4-26(3)39-36(43)34(23-27-10-7-6-8-11-27)40(24-28-12-9-13-29(37)22-28)35(42)25-41(31-16-14-30(38)15-17-31)47(44,45)33-20-18-32(19-21-33)46-5-2/h6-22,26,34H,4-5,23-25H2,1-3H3,(H,39,43). The number of nitrogens with one attached hydrogen (secondary N) is 1. The van der Waals surface area contributed by atoms with Crippen molar-refractivity contribution in [3.05, 3.63) is 125 Å². The van der Waals surface area contributed by atoms with Crippen molar-refractivity contribution in [1.82, 2.24) is 10.2 Å². The molecule has 248 valence electrons. The molecule has 0 aliphatic heterocycles. The fourth-order valence-electron chi connectivity index (χ4n) is 4.96. The summed E-state index contributed by atoms with van der Waals surface area (Å²) >= 11 is 6.29. The lowest BCUT2D eigenvalue weighted by atomic mass is 10.0. The van der Waals surface area contributed by atoms with Gasteiger partial charge in [-0.3, -0.25) is 13.9 Å². The van der Waals surface area contributed by atoms with Crippen LogP contribution in [-0.2, 0) is 32.6 Å². The maximum absolute atomic E-state index is 14.5. The summed E-state index contributed by atoms with van der Waals surface area (Å²) < 4.78 is 48.7. The molecule has 4 aromatic carbocycles. The number of hydrogen-bond donors (Lipinski definition) is 1. The van der Waals surface area contributed by atoms with Gasteiger partial charge in [-0.15, -0.1) is 0 Å². The van der Waals surface area contributed by atoms with Gasteiger partial charge in [0.05, 0.1) is 17.2 Å². The second-order valence-corrected chi connectivity index (χ2v) is 13.4. The number of amides is 2. The summed E-state index contributed by atoms with van der Waals surface area (Å²) in [6, 6.07) is 25.7. The summed E-state index contributed by atoms with van der Waals surface area (Å²) in [4.78, 5) is 29.7. The van der Waals surface area contributed by atoms with Gasteiger partial charge < -0.3 is 15.0 Å². The lowest BCUT2D eigenvalue weighted by Gasteiger charge is -2.34. The lowest BCUT2D eigenvalue weighted by Crippen LogP contribution is -2.54. The van der Waals surface area contributed by atoms with Crippen LogP contribution in [0.3, 0.4) is 0 Å². The van der Waals surface area contributed by atoms with Gasteiger partial charge in [0.25, 0.3) is 10.0 Å². The first kappa shape index (κ1) is 35.4. The van der Waals surface area contributed by atoms with Gasteiger partial charge in [-0.25, -0.2) is 12.8 Å². The van der Waals surface area contributed by atoms with Crippen molar-refractivity contribution in [2.75, 3.05) is 17.5 Å². The normalized spacial score (nSPS) is 12.5. The predicted octanol–water partition coefficient (Wildman–Crippen LogP) is 6.63. The highest BCUT2D eigenvalue weighted by atomic mass is 35.5. The first-order valence-electron chi connectivity index (χ1n) is 15.4. The molecule has 0 heterocycles. The van der Waals surface area contributed by atoms with Crippen molar-refractivity contribution in [3.63, 3.8) is 0 Å². The Morgan fingerprint density at radius 1 is 0.894 bits per heavy atom. The van der Waals surface area contributed by atoms with Gasteiger partial charge in [0.15, 0.2) is 0 Å². The van der Waals surface area contributed by atoms with Gasteiger partial charge in [0.1, 0.15) is 24.2 Å². The smallest absolute Gasteiger partial charge is 0.264 e. The molecule has 0 saturated heterocycles. The molecule has 47 heavy (non-hydrogen) atoms. The molecule has 2 amide bonds. The number of hydrogen-bond acceptors (Lipinski definition) is 5. The Labute approximate surface area is 281 Å². The van der Waals surface area contributed by atoms with Crippen LogP contribution in [0.25, 0.3) is 0 Å². The second-order valence-electron chi connectivity index (χ2n) is 11.1. The zero-order chi connectivity index (χ0) is 34.0. The lowest BCUT2D eigenvalue weighted by molar-refractivity contribution is -0.140. The number of carbonyl (C=O) groups excluding carboxylic acids is 2. The van der Waals surface area contributed by atoms with Crippen molar-refractivity contribution >= 4 is 39.1 Å². The average Bonchev–Trinajstić information content (AvgIpc) is 3.06. The van der Waals surface area contributed by atoms with Crippen LogP contribution >= 0.6 is 11.6 Å². The average molecular weight is 680 g/mol. The third-order valence-corrected chi connectivity index (χ3v) is 9.65. The van der Waals surface area contributed by atoms with Gasteiger partial charge in [-0.1, -0.05) is 61.0 Å². The highest BCUT2D eigenvalue weighted by Gasteiger charge is 2.35. The van der Waals surface area contributed by atoms with Crippen LogP contribution in [0.4, 0.5) is 10.1 Å². The number of anilines is 1. The van der Waals surface area contributed by atoms with Crippen LogP contribution < -0.4 is 14.4 Å². The van der Waals surface area contributed by atoms with Gasteiger partial charge >= 0.3 is 0 Å². The summed E-state index contributed by atoms with van der Waals surface area (Å²) in [6.45, 7) is 5.35. The van der Waals surface area contributed by atoms with E-state index in [2.05, 4.69) is 5.32 Å². The summed E-state index contributed by atoms with van der Waals surface area (Å²) in [7, 11) is -4.35. The molecule has 0 bridgehead atoms. The Morgan fingerprint density at radius 3 is 2.17 bits per heavy atom. The minimum absolute atomic E-state index is 0.0226. The van der Waals surface area contributed by atoms with E-state index < -0.39 is 34.3 Å². The zero-order valence-electron chi connectivity index (χ0n) is 26.6. The van der Waals surface area contributed by atoms with E-state index in [-0.39, 0.29) is 35.5 Å². The summed E-state index contributed by atoms with van der Waals surface area (Å²) in [6.07, 6.45) is 0.850. The van der Waals surface area contributed by atoms with E-state index >= 15 is 0 Å². The number of nitrogens with zero attached hydrogens (tertiary/aromatic N) is 2. The van der Waals surface area contributed by atoms with Crippen LogP contribution in [0.1, 0.15) is 38.3 Å². The monoisotopic (exact) mass is 679 g/mol. The van der Waals surface area contributed by atoms with Crippen molar-refractivity contribution in [3.8, 4) is 5.75 Å². The molecule has 0 aliphatic rings. The third kappa shape index (κ3) is 9.56. The molecule has 0 aliphatic carbocycles. The van der Waals surface area contributed by atoms with E-state index in [1.807, 2.05) is 51.1 Å². The van der Waals surface area contributed by atoms with Crippen LogP contribution in [0, 0.1) is 5.82 Å². The van der Waals surface area contributed by atoms with Crippen LogP contribution in [0.2, 0.25) is 5.02 Å². The van der Waals surface area contributed by atoms with E-state index in [0.717, 1.165) is 22.0 Å². The summed E-state index contributed by atoms with van der Waals surface area (Å²) in [5.41, 5.74) is 1.56. The molecule has 1 N–H and O–H groups in total. The Kier molecular flexibility index (Phi) is 12.4. The molecule has 8 nitrogen and oxygen atoms in total. The highest BCUT2D eigenvalue weighted by molar-refractivity contribution is 7.92. The number of sulfonamides is 1. The van der Waals surface area contributed by atoms with E-state index in [4.69, 9.17) is 16.3 Å². The molecule has 0 radical (unpaired) electrons. The quantitative estimate of drug-likeness (QED) is 0.152. The SMILES string of the molecule is CCOc1ccc(S(=O)(=O)N(CC(=O)N(Cc2cccc(Cl)c2)C(Cc2ccccc2)C(=O)NC(C)CC)c2ccc(F)cc2)cc1. The number of ether oxygens (including phenoxy) is 1. The molecule has 2 unspecified atom stereocenters. The predicted molar refractivity (Wildman–Crippen MR) is 182 cm³/mol. The molecule has 0 saturated carbocycles. The molecule has 4 aromatic rings. The van der Waals surface area contributed by atoms with Gasteiger partial charge in [0.2, 0.25) is 11.8 Å². The Balaban J connectivity index is 1.80. The van der Waals surface area contributed by atoms with Gasteiger partial charge in [-0.05, 0) is 92.1 Å². The second kappa shape index (κ2) is 16.4. The van der Waals surface area contributed by atoms with Crippen molar-refractivity contribution < 1.29 is 27.1 Å². The minimum atomic E-state index is -4.35. The third-order valence-electron chi connectivity index (χ3n) is 7.63. The molecule has 11 heteroatoms. The Hall–Kier alpha value is -4.41. The van der Waals surface area contributed by atoms with Gasteiger partial charge in [0, 0.05) is 24.0 Å². The van der Waals surface area contributed by atoms with E-state index in [1.165, 1.54) is 41.3 Å². The van der Waals surface area contributed by atoms with Crippen molar-refractivity contribution in [1.29, 1.82) is 0 Å². The topological polar surface area (TPSA) is 96.0 Å². The van der Waals surface area contributed by atoms with Gasteiger partial charge in [-0.2, -0.15) is 0 Å². The fourth-order valence-corrected chi connectivity index (χ4v) is 6.59. The summed E-state index contributed by atoms with van der Waals surface area (Å²) in [5, 5.41) is 3.45. The largest absolute Gasteiger partial charge is 0.494 e. The molecule has 0 aromatic heterocycles. The van der Waals surface area contributed by atoms with Crippen LogP contribution in [-0.4, -0.2) is 50.4 Å². The molecule has 2 atom stereocenters. The molecule has 0 fully saturated rings. The maximum Gasteiger partial charge on any atom is 0.264 e. The summed E-state index contributed by atoms with van der Waals surface area (Å²) in [5.74, 6) is -1.09. The first-order valence-corrected chi connectivity index (χ1v) is 17.2. The molecule has 0 spiro atoms. The number of rotatable bonds is 15. The zero-order valence-corrected chi connectivity index (χ0v) is 28.2. The molecular weight excluding hydrogens is 641 g/mol. The first-order chi connectivity index (χ1) is 22.5. The number of benzene rings is 4. The number of halogens is 2. The maximum atomic E-state index is 14.5. The van der Waals surface area contributed by atoms with E-state index in [0.29, 0.717) is 29.4 Å². The van der Waals surface area contributed by atoms with Crippen LogP contribution in [0.15, 0.2) is 108 Å².